The van der Waals surface area contributed by atoms with Gasteiger partial charge in [0.2, 0.25) is 5.54 Å². The molecule has 2 rings (SSSR count). The summed E-state index contributed by atoms with van der Waals surface area (Å²) in [4.78, 5) is 0. The number of nitrogens with zero attached hydrogens (tertiary/aromatic N) is 1. The third kappa shape index (κ3) is 3.69. The lowest BCUT2D eigenvalue weighted by Gasteiger charge is -2.31. The molecule has 0 aliphatic heterocycles. The molecule has 1 N–H and O–H groups in total. The van der Waals surface area contributed by atoms with E-state index in [0.29, 0.717) is 30.0 Å². The van der Waals surface area contributed by atoms with Gasteiger partial charge in [0.05, 0.1) is 12.7 Å². The lowest BCUT2D eigenvalue weighted by atomic mass is 9.89. The summed E-state index contributed by atoms with van der Waals surface area (Å²) in [6.07, 6.45) is -9.79. The van der Waals surface area contributed by atoms with Crippen LogP contribution in [0.4, 0.5) is 32.0 Å². The zero-order valence-electron chi connectivity index (χ0n) is 13.2. The minimum Gasteiger partial charge on any atom is -0.497 e. The van der Waals surface area contributed by atoms with Gasteiger partial charge >= 0.3 is 12.4 Å². The van der Waals surface area contributed by atoms with E-state index in [1.807, 2.05) is 0 Å². The van der Waals surface area contributed by atoms with Gasteiger partial charge in [-0.1, -0.05) is 12.1 Å². The summed E-state index contributed by atoms with van der Waals surface area (Å²) in [6, 6.07) is 8.73. The third-order valence-corrected chi connectivity index (χ3v) is 3.66. The summed E-state index contributed by atoms with van der Waals surface area (Å²) in [7, 11) is 1.37. The van der Waals surface area contributed by atoms with Gasteiger partial charge in [-0.25, -0.2) is 0 Å². The Morgan fingerprint density at radius 1 is 0.846 bits per heavy atom. The first-order valence-corrected chi connectivity index (χ1v) is 7.11. The van der Waals surface area contributed by atoms with Crippen LogP contribution in [0.5, 0.6) is 5.75 Å². The number of alkyl halides is 6. The lowest BCUT2D eigenvalue weighted by molar-refractivity contribution is -0.165. The highest BCUT2D eigenvalue weighted by Gasteiger charge is 2.57. The average molecular weight is 374 g/mol. The molecule has 0 aromatic heterocycles. The summed E-state index contributed by atoms with van der Waals surface area (Å²) in [5, 5.41) is 11.4. The van der Waals surface area contributed by atoms with E-state index in [0.717, 1.165) is 6.07 Å². The van der Waals surface area contributed by atoms with Crippen LogP contribution in [0.1, 0.15) is 11.1 Å². The topological polar surface area (TPSA) is 45.0 Å². The van der Waals surface area contributed by atoms with Crippen molar-refractivity contribution in [1.82, 2.24) is 0 Å². The van der Waals surface area contributed by atoms with Crippen molar-refractivity contribution >= 4 is 5.69 Å². The standard InChI is InChI=1S/C17H12F6N2O/c1-26-14-8-6-13(7-9-14)25-15(10-24,17(21,22)23)11-2-4-12(5-3-11)16(18,19)20/h2-9,25H,1H3/t15-/m0/s1. The fourth-order valence-corrected chi connectivity index (χ4v) is 2.26. The highest BCUT2D eigenvalue weighted by Crippen LogP contribution is 2.42. The summed E-state index contributed by atoms with van der Waals surface area (Å²) >= 11 is 0. The van der Waals surface area contributed by atoms with Crippen LogP contribution in [0.15, 0.2) is 48.5 Å². The van der Waals surface area contributed by atoms with Gasteiger partial charge in [0.1, 0.15) is 11.8 Å². The molecule has 0 aliphatic rings. The minimum atomic E-state index is -5.10. The van der Waals surface area contributed by atoms with Gasteiger partial charge in [0, 0.05) is 11.3 Å². The van der Waals surface area contributed by atoms with E-state index in [1.54, 1.807) is 0 Å². The van der Waals surface area contributed by atoms with Gasteiger partial charge in [-0.05, 0) is 36.4 Å². The molecule has 1 atom stereocenters. The van der Waals surface area contributed by atoms with Gasteiger partial charge in [-0.15, -0.1) is 0 Å². The maximum Gasteiger partial charge on any atom is 0.429 e. The van der Waals surface area contributed by atoms with Crippen LogP contribution in [0, 0.1) is 11.3 Å². The highest BCUT2D eigenvalue weighted by atomic mass is 19.4. The SMILES string of the molecule is COc1ccc(N[C@@](C#N)(c2ccc(C(F)(F)F)cc2)C(F)(F)F)cc1. The molecule has 0 bridgehead atoms. The predicted molar refractivity (Wildman–Crippen MR) is 81.4 cm³/mol. The molecule has 0 aliphatic carbocycles. The van der Waals surface area contributed by atoms with Crippen LogP contribution in [-0.4, -0.2) is 13.3 Å². The van der Waals surface area contributed by atoms with Crippen LogP contribution in [-0.2, 0) is 11.7 Å². The number of hydrogen-bond acceptors (Lipinski definition) is 3. The first-order valence-electron chi connectivity index (χ1n) is 7.11. The third-order valence-electron chi connectivity index (χ3n) is 3.66. The number of ether oxygens (including phenoxy) is 1. The maximum absolute atomic E-state index is 13.7. The Morgan fingerprint density at radius 2 is 1.35 bits per heavy atom. The van der Waals surface area contributed by atoms with Crippen LogP contribution < -0.4 is 10.1 Å². The molecule has 2 aromatic rings. The molecule has 2 aromatic carbocycles. The molecule has 0 amide bonds. The van der Waals surface area contributed by atoms with E-state index in [4.69, 9.17) is 4.74 Å². The largest absolute Gasteiger partial charge is 0.497 e. The van der Waals surface area contributed by atoms with E-state index >= 15 is 0 Å². The van der Waals surface area contributed by atoms with Gasteiger partial charge < -0.3 is 10.1 Å². The summed E-state index contributed by atoms with van der Waals surface area (Å²) in [5.41, 5.74) is -5.04. The smallest absolute Gasteiger partial charge is 0.429 e. The van der Waals surface area contributed by atoms with Crippen LogP contribution in [0.25, 0.3) is 0 Å². The first-order chi connectivity index (χ1) is 12.0. The number of rotatable bonds is 4. The number of halogens is 6. The van der Waals surface area contributed by atoms with E-state index in [-0.39, 0.29) is 5.69 Å². The average Bonchev–Trinajstić information content (AvgIpc) is 2.58. The Morgan fingerprint density at radius 3 is 1.73 bits per heavy atom. The van der Waals surface area contributed by atoms with E-state index in [1.165, 1.54) is 31.4 Å². The second kappa shape index (κ2) is 6.78. The van der Waals surface area contributed by atoms with Gasteiger partial charge in [-0.3, -0.25) is 0 Å². The molecular weight excluding hydrogens is 362 g/mol. The van der Waals surface area contributed by atoms with Crippen molar-refractivity contribution in [2.24, 2.45) is 0 Å². The summed E-state index contributed by atoms with van der Waals surface area (Å²) in [6.45, 7) is 0. The molecule has 9 heteroatoms. The van der Waals surface area contributed by atoms with Crippen molar-refractivity contribution in [3.8, 4) is 11.8 Å². The fourth-order valence-electron chi connectivity index (χ4n) is 2.26. The number of benzene rings is 2. The highest BCUT2D eigenvalue weighted by molar-refractivity contribution is 5.54. The fraction of sp³-hybridized carbons (Fsp3) is 0.235. The molecular formula is C17H12F6N2O. The molecule has 0 radical (unpaired) electrons. The van der Waals surface area contributed by atoms with Crippen molar-refractivity contribution in [2.75, 3.05) is 12.4 Å². The summed E-state index contributed by atoms with van der Waals surface area (Å²) < 4.78 is 83.9. The van der Waals surface area contributed by atoms with Crippen LogP contribution in [0.3, 0.4) is 0 Å². The van der Waals surface area contributed by atoms with E-state index in [2.05, 4.69) is 5.32 Å². The zero-order valence-corrected chi connectivity index (χ0v) is 13.2. The van der Waals surface area contributed by atoms with Crippen molar-refractivity contribution in [1.29, 1.82) is 5.26 Å². The zero-order chi connectivity index (χ0) is 19.6. The quantitative estimate of drug-likeness (QED) is 0.757. The molecule has 0 spiro atoms. The van der Waals surface area contributed by atoms with Gasteiger partial charge in [0.15, 0.2) is 0 Å². The van der Waals surface area contributed by atoms with Gasteiger partial charge in [0.25, 0.3) is 0 Å². The number of nitriles is 1. The first kappa shape index (κ1) is 19.4. The molecule has 0 heterocycles. The van der Waals surface area contributed by atoms with E-state index in [9.17, 15) is 31.6 Å². The molecule has 138 valence electrons. The molecule has 3 nitrogen and oxygen atoms in total. The second-order valence-electron chi connectivity index (χ2n) is 5.29. The van der Waals surface area contributed by atoms with Gasteiger partial charge in [-0.2, -0.15) is 31.6 Å². The lowest BCUT2D eigenvalue weighted by Crippen LogP contribution is -2.48. The molecule has 0 saturated carbocycles. The molecule has 26 heavy (non-hydrogen) atoms. The number of methoxy groups -OCH3 is 1. The minimum absolute atomic E-state index is 0.0513. The Labute approximate surface area is 144 Å². The van der Waals surface area contributed by atoms with Crippen molar-refractivity contribution < 1.29 is 31.1 Å². The van der Waals surface area contributed by atoms with Crippen molar-refractivity contribution in [2.45, 2.75) is 17.9 Å². The van der Waals surface area contributed by atoms with Crippen molar-refractivity contribution in [3.63, 3.8) is 0 Å². The number of anilines is 1. The summed E-state index contributed by atoms with van der Waals surface area (Å²) in [5.74, 6) is 0.389. The molecule has 0 unspecified atom stereocenters. The second-order valence-corrected chi connectivity index (χ2v) is 5.29. The molecule has 0 saturated heterocycles. The Bertz CT molecular complexity index is 790. The van der Waals surface area contributed by atoms with Crippen LogP contribution in [0.2, 0.25) is 0 Å². The monoisotopic (exact) mass is 374 g/mol. The van der Waals surface area contributed by atoms with Crippen LogP contribution >= 0.6 is 0 Å². The Hall–Kier alpha value is -2.89. The van der Waals surface area contributed by atoms with Crippen molar-refractivity contribution in [3.05, 3.63) is 59.7 Å². The Kier molecular flexibility index (Phi) is 5.07. The number of nitrogens with one attached hydrogen (secondary N) is 1. The molecule has 0 fully saturated rings. The predicted octanol–water partition coefficient (Wildman–Crippen LogP) is 5.11. The maximum atomic E-state index is 13.7. The number of hydrogen-bond donors (Lipinski definition) is 1. The van der Waals surface area contributed by atoms with E-state index < -0.39 is 29.0 Å². The Balaban J connectivity index is 2.50. The normalized spacial score (nSPS) is 14.2.